The lowest BCUT2D eigenvalue weighted by Gasteiger charge is -2.26. The highest BCUT2D eigenvalue weighted by Crippen LogP contribution is 2.21. The predicted molar refractivity (Wildman–Crippen MR) is 108 cm³/mol. The normalized spacial score (nSPS) is 16.3. The van der Waals surface area contributed by atoms with Gasteiger partial charge in [0.25, 0.3) is 11.8 Å². The molecule has 1 saturated heterocycles. The molecule has 2 aliphatic heterocycles. The zero-order valence-electron chi connectivity index (χ0n) is 16.3. The van der Waals surface area contributed by atoms with E-state index in [1.165, 1.54) is 24.8 Å². The van der Waals surface area contributed by atoms with Crippen molar-refractivity contribution in [2.24, 2.45) is 0 Å². The van der Waals surface area contributed by atoms with Crippen LogP contribution < -0.4 is 4.74 Å². The van der Waals surface area contributed by atoms with Crippen molar-refractivity contribution in [3.63, 3.8) is 0 Å². The Labute approximate surface area is 170 Å². The average molecular weight is 389 g/mol. The molecule has 0 N–H and O–H groups in total. The van der Waals surface area contributed by atoms with Crippen LogP contribution >= 0.6 is 0 Å². The zero-order valence-corrected chi connectivity index (χ0v) is 16.3. The van der Waals surface area contributed by atoms with E-state index in [0.717, 1.165) is 24.5 Å². The number of piperidine rings is 1. The molecule has 29 heavy (non-hydrogen) atoms. The third-order valence-electron chi connectivity index (χ3n) is 5.19. The molecule has 0 aliphatic carbocycles. The fourth-order valence-electron chi connectivity index (χ4n) is 3.68. The van der Waals surface area contributed by atoms with Crippen molar-refractivity contribution in [2.45, 2.75) is 25.8 Å². The van der Waals surface area contributed by atoms with E-state index < -0.39 is 0 Å². The zero-order chi connectivity index (χ0) is 20.1. The number of aromatic nitrogens is 1. The Kier molecular flexibility index (Phi) is 5.87. The summed E-state index contributed by atoms with van der Waals surface area (Å²) < 4.78 is 5.62. The van der Waals surface area contributed by atoms with Gasteiger partial charge in [-0.3, -0.25) is 19.4 Å². The van der Waals surface area contributed by atoms with Gasteiger partial charge in [-0.25, -0.2) is 4.98 Å². The van der Waals surface area contributed by atoms with E-state index in [1.807, 2.05) is 12.1 Å². The molecule has 0 atom stereocenters. The molecule has 0 unspecified atom stereocenters. The molecule has 148 valence electrons. The molecule has 1 aromatic heterocycles. The van der Waals surface area contributed by atoms with Crippen LogP contribution in [0.5, 0.6) is 5.88 Å². The number of pyridine rings is 1. The minimum absolute atomic E-state index is 0.0537. The molecule has 3 heterocycles. The molecule has 6 heteroatoms. The third kappa shape index (κ3) is 4.47. The van der Waals surface area contributed by atoms with Crippen LogP contribution in [-0.2, 0) is 6.54 Å². The maximum Gasteiger partial charge on any atom is 0.262 e. The van der Waals surface area contributed by atoms with Crippen LogP contribution in [0, 0.1) is 11.8 Å². The summed E-state index contributed by atoms with van der Waals surface area (Å²) >= 11 is 0. The summed E-state index contributed by atoms with van der Waals surface area (Å²) in [5, 5.41) is 0. The largest absolute Gasteiger partial charge is 0.464 e. The third-order valence-corrected chi connectivity index (χ3v) is 5.19. The summed E-state index contributed by atoms with van der Waals surface area (Å²) in [5.74, 6) is 5.65. The first-order valence-corrected chi connectivity index (χ1v) is 9.93. The van der Waals surface area contributed by atoms with Gasteiger partial charge in [0.15, 0.2) is 6.61 Å². The minimum atomic E-state index is -0.298. The topological polar surface area (TPSA) is 62.7 Å². The second kappa shape index (κ2) is 8.89. The number of carbonyl (C=O) groups is 2. The quantitative estimate of drug-likeness (QED) is 0.581. The summed E-state index contributed by atoms with van der Waals surface area (Å²) in [6.07, 6.45) is 5.59. The summed E-state index contributed by atoms with van der Waals surface area (Å²) in [4.78, 5) is 32.4. The van der Waals surface area contributed by atoms with Crippen molar-refractivity contribution in [3.05, 3.63) is 59.3 Å². The number of ether oxygens (including phenoxy) is 1. The highest BCUT2D eigenvalue weighted by Gasteiger charge is 2.34. The van der Waals surface area contributed by atoms with Crippen molar-refractivity contribution in [1.82, 2.24) is 14.8 Å². The van der Waals surface area contributed by atoms with Gasteiger partial charge in [-0.1, -0.05) is 30.4 Å². The van der Waals surface area contributed by atoms with Gasteiger partial charge in [0, 0.05) is 18.8 Å². The van der Waals surface area contributed by atoms with Crippen molar-refractivity contribution in [1.29, 1.82) is 0 Å². The maximum absolute atomic E-state index is 12.3. The standard InChI is InChI=1S/C23H23N3O3/c27-22-19-8-2-3-9-20(19)23(28)26(22)14-6-7-15-29-21-16-18(10-11-24-21)17-25-12-4-1-5-13-25/h2-3,8-11,16H,1,4-5,12-15,17H2. The molecular weight excluding hydrogens is 366 g/mol. The van der Waals surface area contributed by atoms with Crippen molar-refractivity contribution in [3.8, 4) is 17.7 Å². The van der Waals surface area contributed by atoms with E-state index in [1.54, 1.807) is 30.5 Å². The predicted octanol–water partition coefficient (Wildman–Crippen LogP) is 2.75. The van der Waals surface area contributed by atoms with Gasteiger partial charge in [-0.05, 0) is 49.7 Å². The Morgan fingerprint density at radius 2 is 1.69 bits per heavy atom. The number of hydrogen-bond acceptors (Lipinski definition) is 5. The van der Waals surface area contributed by atoms with Crippen molar-refractivity contribution >= 4 is 11.8 Å². The number of benzene rings is 1. The fraction of sp³-hybridized carbons (Fsp3) is 0.348. The second-order valence-electron chi connectivity index (χ2n) is 7.22. The lowest BCUT2D eigenvalue weighted by molar-refractivity contribution is 0.0674. The SMILES string of the molecule is O=C1c2ccccc2C(=O)N1CC#CCOc1cc(CN2CCCCC2)ccn1. The van der Waals surface area contributed by atoms with Crippen molar-refractivity contribution < 1.29 is 14.3 Å². The number of carbonyl (C=O) groups excluding carboxylic acids is 2. The molecule has 6 nitrogen and oxygen atoms in total. The number of rotatable bonds is 5. The van der Waals surface area contributed by atoms with Crippen LogP contribution in [0.3, 0.4) is 0 Å². The summed E-state index contributed by atoms with van der Waals surface area (Å²) in [7, 11) is 0. The van der Waals surface area contributed by atoms with Crippen LogP contribution in [0.25, 0.3) is 0 Å². The summed E-state index contributed by atoms with van der Waals surface area (Å²) in [5.41, 5.74) is 2.05. The molecule has 4 rings (SSSR count). The lowest BCUT2D eigenvalue weighted by Crippen LogP contribution is -2.30. The molecular formula is C23H23N3O3. The van der Waals surface area contributed by atoms with Gasteiger partial charge in [0.1, 0.15) is 0 Å². The number of likely N-dealkylation sites (tertiary alicyclic amines) is 1. The van der Waals surface area contributed by atoms with Crippen LogP contribution in [0.2, 0.25) is 0 Å². The number of amides is 2. The molecule has 2 aromatic rings. The Bertz CT molecular complexity index is 936. The van der Waals surface area contributed by atoms with E-state index in [9.17, 15) is 9.59 Å². The molecule has 1 aromatic carbocycles. The van der Waals surface area contributed by atoms with Gasteiger partial charge >= 0.3 is 0 Å². The van der Waals surface area contributed by atoms with E-state index >= 15 is 0 Å². The van der Waals surface area contributed by atoms with Crippen LogP contribution in [0.4, 0.5) is 0 Å². The van der Waals surface area contributed by atoms with E-state index in [4.69, 9.17) is 4.74 Å². The Hall–Kier alpha value is -3.17. The Balaban J connectivity index is 1.28. The first kappa shape index (κ1) is 19.2. The minimum Gasteiger partial charge on any atom is -0.464 e. The van der Waals surface area contributed by atoms with Gasteiger partial charge in [0.05, 0.1) is 17.7 Å². The molecule has 0 bridgehead atoms. The average Bonchev–Trinajstić information content (AvgIpc) is 2.99. The smallest absolute Gasteiger partial charge is 0.262 e. The molecule has 0 saturated carbocycles. The van der Waals surface area contributed by atoms with E-state index in [2.05, 4.69) is 21.7 Å². The Morgan fingerprint density at radius 1 is 0.966 bits per heavy atom. The van der Waals surface area contributed by atoms with Gasteiger partial charge < -0.3 is 4.74 Å². The number of hydrogen-bond donors (Lipinski definition) is 0. The molecule has 2 aliphatic rings. The Morgan fingerprint density at radius 3 is 2.41 bits per heavy atom. The number of fused-ring (bicyclic) bond motifs is 1. The number of nitrogens with zero attached hydrogens (tertiary/aromatic N) is 3. The van der Waals surface area contributed by atoms with Gasteiger partial charge in [-0.2, -0.15) is 0 Å². The molecule has 2 amide bonds. The van der Waals surface area contributed by atoms with Gasteiger partial charge in [-0.15, -0.1) is 0 Å². The van der Waals surface area contributed by atoms with E-state index in [-0.39, 0.29) is 25.0 Å². The fourth-order valence-corrected chi connectivity index (χ4v) is 3.68. The monoisotopic (exact) mass is 389 g/mol. The molecule has 0 spiro atoms. The maximum atomic E-state index is 12.3. The molecule has 0 radical (unpaired) electrons. The lowest BCUT2D eigenvalue weighted by atomic mass is 10.1. The number of imide groups is 1. The van der Waals surface area contributed by atoms with Crippen LogP contribution in [0.15, 0.2) is 42.6 Å². The first-order chi connectivity index (χ1) is 14.2. The highest BCUT2D eigenvalue weighted by atomic mass is 16.5. The summed E-state index contributed by atoms with van der Waals surface area (Å²) in [6, 6.07) is 10.8. The van der Waals surface area contributed by atoms with Crippen molar-refractivity contribution in [2.75, 3.05) is 26.2 Å². The second-order valence-corrected chi connectivity index (χ2v) is 7.22. The highest BCUT2D eigenvalue weighted by molar-refractivity contribution is 6.21. The molecule has 1 fully saturated rings. The van der Waals surface area contributed by atoms with Gasteiger partial charge in [0.2, 0.25) is 5.88 Å². The summed E-state index contributed by atoms with van der Waals surface area (Å²) in [6.45, 7) is 3.40. The van der Waals surface area contributed by atoms with E-state index in [0.29, 0.717) is 17.0 Å². The first-order valence-electron chi connectivity index (χ1n) is 9.93. The van der Waals surface area contributed by atoms with Crippen LogP contribution in [0.1, 0.15) is 45.5 Å². The van der Waals surface area contributed by atoms with Crippen LogP contribution in [-0.4, -0.2) is 52.8 Å².